The van der Waals surface area contributed by atoms with Gasteiger partial charge in [-0.3, -0.25) is 4.79 Å². The first-order valence-electron chi connectivity index (χ1n) is 6.65. The Bertz CT molecular complexity index is 457. The SMILES string of the molecule is CCNCc1cccc(OC)c1OCC(C)(C)C(=O)O. The van der Waals surface area contributed by atoms with Crippen LogP contribution in [0.25, 0.3) is 0 Å². The molecule has 0 saturated heterocycles. The van der Waals surface area contributed by atoms with Crippen LogP contribution in [0.1, 0.15) is 26.3 Å². The summed E-state index contributed by atoms with van der Waals surface area (Å²) in [7, 11) is 1.57. The largest absolute Gasteiger partial charge is 0.493 e. The molecule has 1 rings (SSSR count). The topological polar surface area (TPSA) is 67.8 Å². The molecule has 0 heterocycles. The summed E-state index contributed by atoms with van der Waals surface area (Å²) in [6.07, 6.45) is 0. The van der Waals surface area contributed by atoms with Gasteiger partial charge >= 0.3 is 5.97 Å². The van der Waals surface area contributed by atoms with Gasteiger partial charge in [0.05, 0.1) is 12.5 Å². The smallest absolute Gasteiger partial charge is 0.312 e. The van der Waals surface area contributed by atoms with Gasteiger partial charge < -0.3 is 19.9 Å². The van der Waals surface area contributed by atoms with Crippen molar-refractivity contribution in [3.8, 4) is 11.5 Å². The zero-order valence-corrected chi connectivity index (χ0v) is 12.5. The van der Waals surface area contributed by atoms with Crippen LogP contribution in [-0.4, -0.2) is 31.3 Å². The molecule has 0 saturated carbocycles. The highest BCUT2D eigenvalue weighted by Crippen LogP contribution is 2.32. The molecule has 20 heavy (non-hydrogen) atoms. The van der Waals surface area contributed by atoms with Crippen LogP contribution >= 0.6 is 0 Å². The monoisotopic (exact) mass is 281 g/mol. The van der Waals surface area contributed by atoms with E-state index in [1.807, 2.05) is 19.1 Å². The Morgan fingerprint density at radius 2 is 2.10 bits per heavy atom. The molecule has 0 fully saturated rings. The number of carboxylic acid groups (broad SMARTS) is 1. The molecule has 0 bridgehead atoms. The molecule has 0 radical (unpaired) electrons. The van der Waals surface area contributed by atoms with Crippen LogP contribution in [0.4, 0.5) is 0 Å². The van der Waals surface area contributed by atoms with Crippen LogP contribution in [0, 0.1) is 5.41 Å². The summed E-state index contributed by atoms with van der Waals surface area (Å²) < 4.78 is 11.0. The second kappa shape index (κ2) is 7.14. The predicted molar refractivity (Wildman–Crippen MR) is 77.3 cm³/mol. The number of benzene rings is 1. The molecular weight excluding hydrogens is 258 g/mol. The number of nitrogens with one attached hydrogen (secondary N) is 1. The molecule has 0 amide bonds. The van der Waals surface area contributed by atoms with E-state index in [4.69, 9.17) is 14.6 Å². The zero-order chi connectivity index (χ0) is 15.2. The first-order valence-corrected chi connectivity index (χ1v) is 6.65. The lowest BCUT2D eigenvalue weighted by molar-refractivity contribution is -0.148. The van der Waals surface area contributed by atoms with E-state index < -0.39 is 11.4 Å². The third kappa shape index (κ3) is 4.13. The van der Waals surface area contributed by atoms with Gasteiger partial charge in [-0.1, -0.05) is 19.1 Å². The van der Waals surface area contributed by atoms with Crippen LogP contribution in [-0.2, 0) is 11.3 Å². The standard InChI is InChI=1S/C15H23NO4/c1-5-16-9-11-7-6-8-12(19-4)13(11)20-10-15(2,3)14(17)18/h6-8,16H,5,9-10H2,1-4H3,(H,17,18). The minimum atomic E-state index is -0.948. The highest BCUT2D eigenvalue weighted by molar-refractivity contribution is 5.73. The summed E-state index contributed by atoms with van der Waals surface area (Å²) in [6.45, 7) is 6.87. The van der Waals surface area contributed by atoms with Crippen molar-refractivity contribution >= 4 is 5.97 Å². The molecule has 0 aliphatic carbocycles. The van der Waals surface area contributed by atoms with Gasteiger partial charge in [-0.15, -0.1) is 0 Å². The molecule has 0 unspecified atom stereocenters. The average molecular weight is 281 g/mol. The fourth-order valence-electron chi connectivity index (χ4n) is 1.60. The van der Waals surface area contributed by atoms with Crippen molar-refractivity contribution in [3.63, 3.8) is 0 Å². The molecule has 112 valence electrons. The highest BCUT2D eigenvalue weighted by atomic mass is 16.5. The van der Waals surface area contributed by atoms with Gasteiger partial charge in [-0.05, 0) is 26.5 Å². The van der Waals surface area contributed by atoms with Gasteiger partial charge in [0, 0.05) is 12.1 Å². The molecule has 0 atom stereocenters. The van der Waals surface area contributed by atoms with Crippen molar-refractivity contribution in [3.05, 3.63) is 23.8 Å². The normalized spacial score (nSPS) is 11.2. The fourth-order valence-corrected chi connectivity index (χ4v) is 1.60. The number of hydrogen-bond donors (Lipinski definition) is 2. The Balaban J connectivity index is 2.93. The molecule has 5 nitrogen and oxygen atoms in total. The number of para-hydroxylation sites is 1. The quantitative estimate of drug-likeness (QED) is 0.765. The molecule has 1 aromatic rings. The third-order valence-corrected chi connectivity index (χ3v) is 3.00. The van der Waals surface area contributed by atoms with Crippen LogP contribution in [0.15, 0.2) is 18.2 Å². The first-order chi connectivity index (χ1) is 9.42. The second-order valence-electron chi connectivity index (χ2n) is 5.21. The van der Waals surface area contributed by atoms with Crippen molar-refractivity contribution in [2.75, 3.05) is 20.3 Å². The lowest BCUT2D eigenvalue weighted by atomic mass is 9.95. The Hall–Kier alpha value is -1.75. The molecule has 0 aromatic heterocycles. The number of hydrogen-bond acceptors (Lipinski definition) is 4. The van der Waals surface area contributed by atoms with Gasteiger partial charge in [0.15, 0.2) is 11.5 Å². The maximum atomic E-state index is 11.1. The van der Waals surface area contributed by atoms with E-state index in [9.17, 15) is 4.79 Å². The van der Waals surface area contributed by atoms with E-state index in [0.717, 1.165) is 12.1 Å². The Morgan fingerprint density at radius 1 is 1.40 bits per heavy atom. The van der Waals surface area contributed by atoms with Gasteiger partial charge in [-0.2, -0.15) is 0 Å². The van der Waals surface area contributed by atoms with Crippen molar-refractivity contribution < 1.29 is 19.4 Å². The summed E-state index contributed by atoms with van der Waals surface area (Å²) in [5, 5.41) is 12.4. The van der Waals surface area contributed by atoms with Crippen molar-refractivity contribution in [2.45, 2.75) is 27.3 Å². The molecule has 0 aliphatic rings. The number of aliphatic carboxylic acids is 1. The molecule has 0 aliphatic heterocycles. The van der Waals surface area contributed by atoms with Gasteiger partial charge in [0.2, 0.25) is 0 Å². The van der Waals surface area contributed by atoms with Crippen molar-refractivity contribution in [1.82, 2.24) is 5.32 Å². The number of ether oxygens (including phenoxy) is 2. The van der Waals surface area contributed by atoms with E-state index in [0.29, 0.717) is 18.0 Å². The summed E-state index contributed by atoms with van der Waals surface area (Å²) >= 11 is 0. The fraction of sp³-hybridized carbons (Fsp3) is 0.533. The van der Waals surface area contributed by atoms with Gasteiger partial charge in [0.1, 0.15) is 6.61 Å². The van der Waals surface area contributed by atoms with Crippen LogP contribution < -0.4 is 14.8 Å². The first kappa shape index (κ1) is 16.3. The molecule has 5 heteroatoms. The van der Waals surface area contributed by atoms with Crippen LogP contribution in [0.2, 0.25) is 0 Å². The minimum Gasteiger partial charge on any atom is -0.493 e. The third-order valence-electron chi connectivity index (χ3n) is 3.00. The molecular formula is C15H23NO4. The Kier molecular flexibility index (Phi) is 5.82. The molecule has 2 N–H and O–H groups in total. The second-order valence-corrected chi connectivity index (χ2v) is 5.21. The molecule has 1 aromatic carbocycles. The average Bonchev–Trinajstić information content (AvgIpc) is 2.42. The minimum absolute atomic E-state index is 0.0852. The number of methoxy groups -OCH3 is 1. The lowest BCUT2D eigenvalue weighted by Gasteiger charge is -2.22. The van der Waals surface area contributed by atoms with Gasteiger partial charge in [-0.25, -0.2) is 0 Å². The highest BCUT2D eigenvalue weighted by Gasteiger charge is 2.29. The number of rotatable bonds is 8. The van der Waals surface area contributed by atoms with Gasteiger partial charge in [0.25, 0.3) is 0 Å². The maximum absolute atomic E-state index is 11.1. The van der Waals surface area contributed by atoms with E-state index in [1.54, 1.807) is 27.0 Å². The molecule has 0 spiro atoms. The number of carbonyl (C=O) groups is 1. The Morgan fingerprint density at radius 3 is 2.65 bits per heavy atom. The summed E-state index contributed by atoms with van der Waals surface area (Å²) in [6, 6.07) is 5.63. The number of carboxylic acids is 1. The van der Waals surface area contributed by atoms with Crippen LogP contribution in [0.5, 0.6) is 11.5 Å². The van der Waals surface area contributed by atoms with E-state index in [-0.39, 0.29) is 6.61 Å². The predicted octanol–water partition coefficient (Wildman–Crippen LogP) is 2.29. The summed E-state index contributed by atoms with van der Waals surface area (Å²) in [4.78, 5) is 11.1. The van der Waals surface area contributed by atoms with E-state index in [2.05, 4.69) is 5.32 Å². The maximum Gasteiger partial charge on any atom is 0.312 e. The lowest BCUT2D eigenvalue weighted by Crippen LogP contribution is -2.31. The van der Waals surface area contributed by atoms with E-state index >= 15 is 0 Å². The summed E-state index contributed by atoms with van der Waals surface area (Å²) in [5.74, 6) is 0.326. The van der Waals surface area contributed by atoms with Crippen molar-refractivity contribution in [2.24, 2.45) is 5.41 Å². The van der Waals surface area contributed by atoms with Crippen molar-refractivity contribution in [1.29, 1.82) is 0 Å². The van der Waals surface area contributed by atoms with E-state index in [1.165, 1.54) is 0 Å². The zero-order valence-electron chi connectivity index (χ0n) is 12.5. The summed E-state index contributed by atoms with van der Waals surface area (Å²) in [5.41, 5.74) is 0.00318. The Labute approximate surface area is 119 Å². The van der Waals surface area contributed by atoms with Crippen LogP contribution in [0.3, 0.4) is 0 Å².